The first-order valence-electron chi connectivity index (χ1n) is 10.9. The molecule has 2 aromatic carbocycles. The highest BCUT2D eigenvalue weighted by molar-refractivity contribution is 7.87. The molecule has 1 aromatic heterocycles. The first kappa shape index (κ1) is 26.4. The van der Waals surface area contributed by atoms with Crippen molar-refractivity contribution in [2.45, 2.75) is 36.8 Å². The van der Waals surface area contributed by atoms with E-state index in [-0.39, 0.29) is 35.3 Å². The zero-order chi connectivity index (χ0) is 27.0. The van der Waals surface area contributed by atoms with Crippen LogP contribution in [0.25, 0.3) is 11.0 Å². The van der Waals surface area contributed by atoms with E-state index >= 15 is 0 Å². The van der Waals surface area contributed by atoms with Crippen LogP contribution in [-0.2, 0) is 26.2 Å². The highest BCUT2D eigenvalue weighted by atomic mass is 32.2. The molecule has 10 nitrogen and oxygen atoms in total. The Labute approximate surface area is 209 Å². The summed E-state index contributed by atoms with van der Waals surface area (Å²) in [5, 5.41) is 3.22. The van der Waals surface area contributed by atoms with Gasteiger partial charge in [0.15, 0.2) is 12.0 Å². The van der Waals surface area contributed by atoms with E-state index < -0.39 is 34.4 Å². The van der Waals surface area contributed by atoms with Gasteiger partial charge < -0.3 is 19.1 Å². The molecule has 4 rings (SSSR count). The third kappa shape index (κ3) is 6.03. The number of esters is 1. The van der Waals surface area contributed by atoms with Crippen LogP contribution in [-0.4, -0.2) is 56.7 Å². The number of hydrogen-bond acceptors (Lipinski definition) is 9. The van der Waals surface area contributed by atoms with Crippen molar-refractivity contribution < 1.29 is 44.5 Å². The number of piperazine rings is 1. The highest BCUT2D eigenvalue weighted by Crippen LogP contribution is 2.29. The number of para-hydroxylation sites is 1. The molecule has 14 heteroatoms. The number of fused-ring (bicyclic) bond motifs is 1. The lowest BCUT2D eigenvalue weighted by Gasteiger charge is -2.37. The normalized spacial score (nSPS) is 19.0. The lowest BCUT2D eigenvalue weighted by atomic mass is 10.1. The number of furan rings is 1. The van der Waals surface area contributed by atoms with Crippen molar-refractivity contribution in [3.05, 3.63) is 59.9 Å². The number of carbonyl (C=O) groups excluding carboxylic acids is 2. The molecule has 1 aliphatic rings. The fourth-order valence-corrected chi connectivity index (χ4v) is 5.09. The monoisotopic (exact) mass is 541 g/mol. The van der Waals surface area contributed by atoms with Gasteiger partial charge in [-0.15, -0.1) is 0 Å². The van der Waals surface area contributed by atoms with Crippen LogP contribution < -0.4 is 15.2 Å². The fraction of sp³-hybridized carbons (Fsp3) is 0.304. The summed E-state index contributed by atoms with van der Waals surface area (Å²) in [5.74, 6) is -3.42. The van der Waals surface area contributed by atoms with E-state index in [4.69, 9.17) is 14.3 Å². The third-order valence-electron chi connectivity index (χ3n) is 5.54. The van der Waals surface area contributed by atoms with Crippen molar-refractivity contribution in [1.29, 1.82) is 0 Å². The maximum Gasteiger partial charge on any atom is 0.490 e. The van der Waals surface area contributed by atoms with Crippen LogP contribution in [0.4, 0.5) is 13.2 Å². The Morgan fingerprint density at radius 3 is 2.62 bits per heavy atom. The van der Waals surface area contributed by atoms with Gasteiger partial charge in [-0.3, -0.25) is 15.0 Å². The molecule has 3 aromatic rings. The van der Waals surface area contributed by atoms with Gasteiger partial charge in [0.2, 0.25) is 0 Å². The van der Waals surface area contributed by atoms with Crippen molar-refractivity contribution in [2.24, 2.45) is 5.73 Å². The highest BCUT2D eigenvalue weighted by Gasteiger charge is 2.43. The standard InChI is InChI=1S/C23H22F3N3O7S/c1-13-10-29(12-19(28-13)35-22(31)23(24,25)26)11-15-9-16(8-14-6-7-34-20(14)15)37(32,33)36-18-5-3-2-4-17(18)21(27)30/h2-9,13,19,28H,10-12H2,1H3,(H2,27,30)/t13-,19?/m1/s1. The van der Waals surface area contributed by atoms with Crippen LogP contribution in [0.3, 0.4) is 0 Å². The van der Waals surface area contributed by atoms with Gasteiger partial charge in [0, 0.05) is 36.6 Å². The van der Waals surface area contributed by atoms with E-state index in [1.54, 1.807) is 17.9 Å². The predicted molar refractivity (Wildman–Crippen MR) is 123 cm³/mol. The first-order valence-corrected chi connectivity index (χ1v) is 12.3. The molecule has 0 aliphatic carbocycles. The summed E-state index contributed by atoms with van der Waals surface area (Å²) in [6, 6.07) is 9.45. The number of rotatable bonds is 7. The molecule has 0 radical (unpaired) electrons. The quantitative estimate of drug-likeness (QED) is 0.341. The van der Waals surface area contributed by atoms with E-state index in [2.05, 4.69) is 10.1 Å². The Hall–Kier alpha value is -3.62. The average Bonchev–Trinajstić information content (AvgIpc) is 3.27. The Balaban J connectivity index is 1.61. The van der Waals surface area contributed by atoms with Crippen LogP contribution in [0.15, 0.2) is 58.0 Å². The molecule has 0 spiro atoms. The molecule has 2 heterocycles. The van der Waals surface area contributed by atoms with Crippen LogP contribution >= 0.6 is 0 Å². The van der Waals surface area contributed by atoms with Gasteiger partial charge in [0.25, 0.3) is 5.91 Å². The molecule has 37 heavy (non-hydrogen) atoms. The van der Waals surface area contributed by atoms with Gasteiger partial charge in [0.05, 0.1) is 11.8 Å². The predicted octanol–water partition coefficient (Wildman–Crippen LogP) is 2.52. The molecule has 0 bridgehead atoms. The van der Waals surface area contributed by atoms with Crippen LogP contribution in [0, 0.1) is 0 Å². The molecule has 2 atom stereocenters. The van der Waals surface area contributed by atoms with Gasteiger partial charge in [-0.25, -0.2) is 4.79 Å². The topological polar surface area (TPSA) is 141 Å². The number of nitrogens with one attached hydrogen (secondary N) is 1. The van der Waals surface area contributed by atoms with Gasteiger partial charge in [0.1, 0.15) is 10.5 Å². The van der Waals surface area contributed by atoms with Crippen molar-refractivity contribution in [3.63, 3.8) is 0 Å². The number of halogens is 3. The van der Waals surface area contributed by atoms with E-state index in [1.165, 1.54) is 42.7 Å². The molecule has 1 saturated heterocycles. The van der Waals surface area contributed by atoms with Crippen molar-refractivity contribution in [1.82, 2.24) is 10.2 Å². The smallest absolute Gasteiger partial charge is 0.464 e. The van der Waals surface area contributed by atoms with Gasteiger partial charge in [-0.2, -0.15) is 21.6 Å². The summed E-state index contributed by atoms with van der Waals surface area (Å²) in [6.45, 7) is 2.04. The van der Waals surface area contributed by atoms with Crippen LogP contribution in [0.2, 0.25) is 0 Å². The molecular weight excluding hydrogens is 519 g/mol. The summed E-state index contributed by atoms with van der Waals surface area (Å²) < 4.78 is 79.4. The molecule has 0 saturated carbocycles. The Morgan fingerprint density at radius 2 is 1.92 bits per heavy atom. The minimum Gasteiger partial charge on any atom is -0.464 e. The summed E-state index contributed by atoms with van der Waals surface area (Å²) in [4.78, 5) is 24.4. The summed E-state index contributed by atoms with van der Waals surface area (Å²) in [6.07, 6.45) is -5.00. The zero-order valence-corrected chi connectivity index (χ0v) is 20.1. The largest absolute Gasteiger partial charge is 0.490 e. The number of primary amides is 1. The van der Waals surface area contributed by atoms with Crippen LogP contribution in [0.1, 0.15) is 22.8 Å². The minimum atomic E-state index is -5.14. The summed E-state index contributed by atoms with van der Waals surface area (Å²) >= 11 is 0. The van der Waals surface area contributed by atoms with Gasteiger partial charge >= 0.3 is 22.3 Å². The second kappa shape index (κ2) is 10.0. The number of nitrogens with zero attached hydrogens (tertiary/aromatic N) is 1. The zero-order valence-electron chi connectivity index (χ0n) is 19.3. The van der Waals surface area contributed by atoms with Gasteiger partial charge in [-0.1, -0.05) is 12.1 Å². The molecule has 3 N–H and O–H groups in total. The van der Waals surface area contributed by atoms with E-state index in [1.807, 2.05) is 0 Å². The SMILES string of the molecule is C[C@@H]1CN(Cc2cc(S(=O)(=O)Oc3ccccc3C(N)=O)cc3ccoc23)CC(OC(=O)C(F)(F)F)N1. The number of nitrogens with two attached hydrogens (primary N) is 1. The number of amides is 1. The van der Waals surface area contributed by atoms with Crippen molar-refractivity contribution >= 4 is 33.0 Å². The number of alkyl halides is 3. The number of ether oxygens (including phenoxy) is 1. The Kier molecular flexibility index (Phi) is 7.17. The number of benzene rings is 2. The second-order valence-electron chi connectivity index (χ2n) is 8.47. The molecule has 1 amide bonds. The first-order chi connectivity index (χ1) is 17.3. The third-order valence-corrected chi connectivity index (χ3v) is 6.76. The number of carbonyl (C=O) groups is 2. The van der Waals surface area contributed by atoms with Gasteiger partial charge in [-0.05, 0) is 37.3 Å². The Morgan fingerprint density at radius 1 is 1.19 bits per heavy atom. The molecule has 1 unspecified atom stereocenters. The maximum atomic E-state index is 13.1. The van der Waals surface area contributed by atoms with E-state index in [9.17, 15) is 31.2 Å². The lowest BCUT2D eigenvalue weighted by Crippen LogP contribution is -2.57. The van der Waals surface area contributed by atoms with Crippen molar-refractivity contribution in [3.8, 4) is 5.75 Å². The molecule has 198 valence electrons. The van der Waals surface area contributed by atoms with Crippen LogP contribution in [0.5, 0.6) is 5.75 Å². The molecule has 1 fully saturated rings. The molecular formula is C23H22F3N3O7S. The fourth-order valence-electron chi connectivity index (χ4n) is 4.05. The minimum absolute atomic E-state index is 0.0668. The van der Waals surface area contributed by atoms with E-state index in [0.717, 1.165) is 0 Å². The maximum absolute atomic E-state index is 13.1. The Bertz CT molecular complexity index is 1440. The summed E-state index contributed by atoms with van der Waals surface area (Å²) in [7, 11) is -4.43. The number of hydrogen-bond donors (Lipinski definition) is 2. The molecule has 1 aliphatic heterocycles. The van der Waals surface area contributed by atoms with Crippen molar-refractivity contribution in [2.75, 3.05) is 13.1 Å². The lowest BCUT2D eigenvalue weighted by molar-refractivity contribution is -0.208. The second-order valence-corrected chi connectivity index (χ2v) is 10.0. The van der Waals surface area contributed by atoms with E-state index in [0.29, 0.717) is 23.1 Å². The summed E-state index contributed by atoms with van der Waals surface area (Å²) in [5.41, 5.74) is 5.96. The average molecular weight is 542 g/mol.